The molecule has 0 aliphatic heterocycles. The fraction of sp³-hybridized carbons (Fsp3) is 0.500. The van der Waals surface area contributed by atoms with Crippen LogP contribution in [0.2, 0.25) is 0 Å². The number of phenols is 2. The van der Waals surface area contributed by atoms with Gasteiger partial charge in [0.2, 0.25) is 0 Å². The van der Waals surface area contributed by atoms with Gasteiger partial charge in [0.15, 0.2) is 0 Å². The first kappa shape index (κ1) is 25.8. The van der Waals surface area contributed by atoms with E-state index in [9.17, 15) is 10.2 Å². The molecule has 0 saturated heterocycles. The Morgan fingerprint density at radius 2 is 1.43 bits per heavy atom. The van der Waals surface area contributed by atoms with Crippen molar-refractivity contribution in [2.24, 2.45) is 0 Å². The molecule has 0 unspecified atom stereocenters. The van der Waals surface area contributed by atoms with E-state index in [0.717, 1.165) is 48.8 Å². The van der Waals surface area contributed by atoms with Gasteiger partial charge in [-0.15, -0.1) is 0 Å². The fourth-order valence-corrected chi connectivity index (χ4v) is 3.39. The summed E-state index contributed by atoms with van der Waals surface area (Å²) in [7, 11) is 0. The van der Waals surface area contributed by atoms with Crippen molar-refractivity contribution >= 4 is 0 Å². The van der Waals surface area contributed by atoms with Crippen molar-refractivity contribution in [2.75, 3.05) is 0 Å². The van der Waals surface area contributed by atoms with E-state index in [-0.39, 0.29) is 5.75 Å². The Morgan fingerprint density at radius 1 is 0.800 bits per heavy atom. The molecular formula is C28H42O2. The van der Waals surface area contributed by atoms with E-state index < -0.39 is 0 Å². The first-order valence-electron chi connectivity index (χ1n) is 11.1. The molecule has 0 fully saturated rings. The maximum Gasteiger partial charge on any atom is 0.122 e. The second-order valence-electron chi connectivity index (χ2n) is 9.09. The summed E-state index contributed by atoms with van der Waals surface area (Å²) < 4.78 is 0. The molecule has 0 aliphatic rings. The summed E-state index contributed by atoms with van der Waals surface area (Å²) in [6.07, 6.45) is 12.9. The molecule has 0 radical (unpaired) electrons. The van der Waals surface area contributed by atoms with E-state index in [4.69, 9.17) is 0 Å². The van der Waals surface area contributed by atoms with Gasteiger partial charge in [-0.05, 0) is 111 Å². The fourth-order valence-electron chi connectivity index (χ4n) is 3.39. The lowest BCUT2D eigenvalue weighted by Crippen LogP contribution is -1.92. The lowest BCUT2D eigenvalue weighted by Gasteiger charge is -2.12. The van der Waals surface area contributed by atoms with Crippen molar-refractivity contribution in [3.05, 3.63) is 68.9 Å². The normalized spacial score (nSPS) is 12.1. The van der Waals surface area contributed by atoms with Crippen molar-refractivity contribution in [2.45, 2.75) is 93.9 Å². The molecule has 1 aromatic rings. The van der Waals surface area contributed by atoms with Crippen LogP contribution in [0.15, 0.2) is 52.2 Å². The van der Waals surface area contributed by atoms with Crippen LogP contribution in [-0.4, -0.2) is 10.2 Å². The number of benzene rings is 1. The smallest absolute Gasteiger partial charge is 0.122 e. The SMILES string of the molecule is CC(C)=CCC/C(C)=C/CC(CC/C(C)=C/Cc1cc(O)c(C)c(C)c1O)=C(C)C. The standard InChI is InChI=1S/C28H42O2/c1-19(2)10-9-11-21(5)12-15-25(20(3)4)16-13-22(6)14-17-26-18-27(29)23(7)24(8)28(26)30/h10,12,14,18,29-30H,9,11,13,15-17H2,1-8H3/b21-12+,22-14+. The van der Waals surface area contributed by atoms with Crippen LogP contribution < -0.4 is 0 Å². The van der Waals surface area contributed by atoms with Crippen LogP contribution in [0.3, 0.4) is 0 Å². The van der Waals surface area contributed by atoms with Gasteiger partial charge < -0.3 is 10.2 Å². The molecule has 0 bridgehead atoms. The molecule has 0 aliphatic carbocycles. The van der Waals surface area contributed by atoms with E-state index in [2.05, 4.69) is 59.8 Å². The molecule has 30 heavy (non-hydrogen) atoms. The first-order chi connectivity index (χ1) is 14.0. The number of rotatable bonds is 10. The van der Waals surface area contributed by atoms with Gasteiger partial charge in [0.05, 0.1) is 0 Å². The van der Waals surface area contributed by atoms with Crippen LogP contribution in [0.4, 0.5) is 0 Å². The molecule has 2 nitrogen and oxygen atoms in total. The van der Waals surface area contributed by atoms with E-state index in [1.54, 1.807) is 6.07 Å². The van der Waals surface area contributed by atoms with Crippen molar-refractivity contribution in [1.29, 1.82) is 0 Å². The van der Waals surface area contributed by atoms with Gasteiger partial charge >= 0.3 is 0 Å². The molecule has 0 saturated carbocycles. The third-order valence-electron chi connectivity index (χ3n) is 5.90. The van der Waals surface area contributed by atoms with Crippen molar-refractivity contribution in [3.63, 3.8) is 0 Å². The Kier molecular flexibility index (Phi) is 10.7. The van der Waals surface area contributed by atoms with Crippen LogP contribution in [0.5, 0.6) is 11.5 Å². The second-order valence-corrected chi connectivity index (χ2v) is 9.09. The summed E-state index contributed by atoms with van der Waals surface area (Å²) >= 11 is 0. The Bertz CT molecular complexity index is 840. The first-order valence-corrected chi connectivity index (χ1v) is 11.1. The molecular weight excluding hydrogens is 368 g/mol. The highest BCUT2D eigenvalue weighted by atomic mass is 16.3. The Balaban J connectivity index is 2.69. The average molecular weight is 411 g/mol. The molecule has 0 aromatic heterocycles. The van der Waals surface area contributed by atoms with Crippen molar-refractivity contribution < 1.29 is 10.2 Å². The predicted molar refractivity (Wildman–Crippen MR) is 131 cm³/mol. The van der Waals surface area contributed by atoms with Crippen LogP contribution in [0.25, 0.3) is 0 Å². The maximum atomic E-state index is 10.4. The Hall–Kier alpha value is -2.22. The quantitative estimate of drug-likeness (QED) is 0.300. The molecule has 2 N–H and O–H groups in total. The summed E-state index contributed by atoms with van der Waals surface area (Å²) in [6, 6.07) is 1.69. The summed E-state index contributed by atoms with van der Waals surface area (Å²) in [6.45, 7) is 16.8. The number of hydrogen-bond acceptors (Lipinski definition) is 2. The summed E-state index contributed by atoms with van der Waals surface area (Å²) in [5.74, 6) is 0.554. The number of allylic oxidation sites excluding steroid dienone is 8. The largest absolute Gasteiger partial charge is 0.508 e. The van der Waals surface area contributed by atoms with Gasteiger partial charge in [-0.2, -0.15) is 0 Å². The summed E-state index contributed by atoms with van der Waals surface area (Å²) in [4.78, 5) is 0. The predicted octanol–water partition coefficient (Wildman–Crippen LogP) is 8.40. The molecule has 0 heterocycles. The van der Waals surface area contributed by atoms with Crippen LogP contribution in [0.1, 0.15) is 90.3 Å². The lowest BCUT2D eigenvalue weighted by atomic mass is 9.96. The topological polar surface area (TPSA) is 40.5 Å². The molecule has 0 amide bonds. The zero-order chi connectivity index (χ0) is 22.8. The van der Waals surface area contributed by atoms with E-state index in [0.29, 0.717) is 12.2 Å². The second kappa shape index (κ2) is 12.5. The molecule has 2 heteroatoms. The third-order valence-corrected chi connectivity index (χ3v) is 5.90. The van der Waals surface area contributed by atoms with Gasteiger partial charge in [-0.1, -0.05) is 46.1 Å². The Labute approximate surface area is 184 Å². The molecule has 0 spiro atoms. The summed E-state index contributed by atoms with van der Waals surface area (Å²) in [5.41, 5.74) is 9.37. The number of phenolic OH excluding ortho intramolecular Hbond substituents is 2. The van der Waals surface area contributed by atoms with Gasteiger partial charge in [-0.25, -0.2) is 0 Å². The van der Waals surface area contributed by atoms with E-state index in [1.165, 1.54) is 27.9 Å². The molecule has 1 rings (SSSR count). The van der Waals surface area contributed by atoms with Gasteiger partial charge in [-0.3, -0.25) is 0 Å². The lowest BCUT2D eigenvalue weighted by molar-refractivity contribution is 0.448. The average Bonchev–Trinajstić information content (AvgIpc) is 2.67. The minimum Gasteiger partial charge on any atom is -0.508 e. The zero-order valence-corrected chi connectivity index (χ0v) is 20.4. The minimum atomic E-state index is 0.255. The molecule has 0 atom stereocenters. The van der Waals surface area contributed by atoms with Crippen LogP contribution in [0, 0.1) is 13.8 Å². The van der Waals surface area contributed by atoms with Crippen LogP contribution in [-0.2, 0) is 6.42 Å². The van der Waals surface area contributed by atoms with E-state index in [1.807, 2.05) is 13.8 Å². The number of aromatic hydroxyl groups is 2. The highest BCUT2D eigenvalue weighted by Crippen LogP contribution is 2.32. The van der Waals surface area contributed by atoms with Gasteiger partial charge in [0.1, 0.15) is 11.5 Å². The van der Waals surface area contributed by atoms with E-state index >= 15 is 0 Å². The van der Waals surface area contributed by atoms with Crippen molar-refractivity contribution in [3.8, 4) is 11.5 Å². The Morgan fingerprint density at radius 3 is 2.03 bits per heavy atom. The molecule has 1 aromatic carbocycles. The zero-order valence-electron chi connectivity index (χ0n) is 20.4. The van der Waals surface area contributed by atoms with Gasteiger partial charge in [0, 0.05) is 5.56 Å². The molecule has 166 valence electrons. The monoisotopic (exact) mass is 410 g/mol. The van der Waals surface area contributed by atoms with Gasteiger partial charge in [0.25, 0.3) is 0 Å². The summed E-state index contributed by atoms with van der Waals surface area (Å²) in [5, 5.41) is 20.4. The highest BCUT2D eigenvalue weighted by molar-refractivity contribution is 5.51. The number of hydrogen-bond donors (Lipinski definition) is 2. The third kappa shape index (κ3) is 8.65. The maximum absolute atomic E-state index is 10.4. The minimum absolute atomic E-state index is 0.255. The van der Waals surface area contributed by atoms with Crippen molar-refractivity contribution in [1.82, 2.24) is 0 Å². The van der Waals surface area contributed by atoms with Crippen LogP contribution >= 0.6 is 0 Å². The highest BCUT2D eigenvalue weighted by Gasteiger charge is 2.10.